The molecule has 6 heteroatoms. The zero-order valence-corrected chi connectivity index (χ0v) is 12.4. The predicted molar refractivity (Wildman–Crippen MR) is 80.1 cm³/mol. The maximum absolute atomic E-state index is 12.1. The summed E-state index contributed by atoms with van der Waals surface area (Å²) in [5, 5.41) is 2.70. The Morgan fingerprint density at radius 1 is 1.05 bits per heavy atom. The number of amides is 1. The molecule has 21 heavy (non-hydrogen) atoms. The van der Waals surface area contributed by atoms with Gasteiger partial charge in [-0.25, -0.2) is 0 Å². The molecule has 0 spiro atoms. The lowest BCUT2D eigenvalue weighted by Gasteiger charge is -2.09. The van der Waals surface area contributed by atoms with Gasteiger partial charge in [0.25, 0.3) is 16.0 Å². The molecule has 0 unspecified atom stereocenters. The molecule has 0 aliphatic heterocycles. The van der Waals surface area contributed by atoms with Crippen LogP contribution in [-0.4, -0.2) is 18.9 Å². The predicted octanol–water partition coefficient (Wildman–Crippen LogP) is 2.80. The van der Waals surface area contributed by atoms with Crippen molar-refractivity contribution in [2.75, 3.05) is 5.32 Å². The average molecular weight is 305 g/mol. The van der Waals surface area contributed by atoms with Gasteiger partial charge in [-0.15, -0.1) is 0 Å². The third kappa shape index (κ3) is 3.48. The first-order chi connectivity index (χ1) is 9.79. The fraction of sp³-hybridized carbons (Fsp3) is 0.133. The van der Waals surface area contributed by atoms with Crippen molar-refractivity contribution in [1.29, 1.82) is 0 Å². The Kier molecular flexibility index (Phi) is 4.11. The second-order valence-electron chi connectivity index (χ2n) is 4.72. The quantitative estimate of drug-likeness (QED) is 0.854. The summed E-state index contributed by atoms with van der Waals surface area (Å²) in [7, 11) is -4.25. The molecular weight excluding hydrogens is 290 g/mol. The van der Waals surface area contributed by atoms with Gasteiger partial charge in [-0.1, -0.05) is 18.2 Å². The summed E-state index contributed by atoms with van der Waals surface area (Å²) in [4.78, 5) is 12.0. The van der Waals surface area contributed by atoms with Crippen molar-refractivity contribution in [1.82, 2.24) is 0 Å². The van der Waals surface area contributed by atoms with Crippen molar-refractivity contribution in [3.05, 3.63) is 59.2 Å². The maximum atomic E-state index is 12.1. The van der Waals surface area contributed by atoms with Gasteiger partial charge in [0.05, 0.1) is 4.90 Å². The molecule has 0 aliphatic rings. The first kappa shape index (κ1) is 15.2. The molecule has 0 radical (unpaired) electrons. The molecule has 0 atom stereocenters. The Bertz CT molecular complexity index is 797. The highest BCUT2D eigenvalue weighted by atomic mass is 32.2. The molecule has 2 aromatic rings. The number of nitrogens with one attached hydrogen (secondary N) is 1. The van der Waals surface area contributed by atoms with Gasteiger partial charge in [-0.3, -0.25) is 9.35 Å². The number of carbonyl (C=O) groups is 1. The van der Waals surface area contributed by atoms with Crippen LogP contribution in [0.4, 0.5) is 5.69 Å². The van der Waals surface area contributed by atoms with Crippen molar-refractivity contribution in [3.63, 3.8) is 0 Å². The fourth-order valence-electron chi connectivity index (χ4n) is 2.04. The topological polar surface area (TPSA) is 83.5 Å². The number of hydrogen-bond acceptors (Lipinski definition) is 3. The lowest BCUT2D eigenvalue weighted by molar-refractivity contribution is 0.102. The molecule has 0 saturated carbocycles. The van der Waals surface area contributed by atoms with Crippen molar-refractivity contribution in [3.8, 4) is 0 Å². The SMILES string of the molecule is Cc1ccccc1C(=O)Nc1ccc(S(=O)(=O)O)c(C)c1. The number of rotatable bonds is 3. The smallest absolute Gasteiger partial charge is 0.294 e. The molecule has 110 valence electrons. The zero-order chi connectivity index (χ0) is 15.6. The van der Waals surface area contributed by atoms with Gasteiger partial charge in [0, 0.05) is 11.3 Å². The van der Waals surface area contributed by atoms with Crippen LogP contribution in [0.1, 0.15) is 21.5 Å². The lowest BCUT2D eigenvalue weighted by Crippen LogP contribution is -2.13. The van der Waals surface area contributed by atoms with Crippen molar-refractivity contribution in [2.24, 2.45) is 0 Å². The number of benzene rings is 2. The first-order valence-electron chi connectivity index (χ1n) is 6.24. The minimum absolute atomic E-state index is 0.170. The van der Waals surface area contributed by atoms with Crippen LogP contribution >= 0.6 is 0 Å². The van der Waals surface area contributed by atoms with Crippen LogP contribution in [-0.2, 0) is 10.1 Å². The van der Waals surface area contributed by atoms with Crippen molar-refractivity contribution in [2.45, 2.75) is 18.7 Å². The second kappa shape index (κ2) is 5.67. The molecule has 0 heterocycles. The molecule has 0 fully saturated rings. The summed E-state index contributed by atoms with van der Waals surface area (Å²) < 4.78 is 31.3. The van der Waals surface area contributed by atoms with Gasteiger partial charge >= 0.3 is 0 Å². The van der Waals surface area contributed by atoms with E-state index in [-0.39, 0.29) is 10.8 Å². The van der Waals surface area contributed by atoms with E-state index in [0.717, 1.165) is 5.56 Å². The van der Waals surface area contributed by atoms with E-state index in [9.17, 15) is 13.2 Å². The first-order valence-corrected chi connectivity index (χ1v) is 7.68. The van der Waals surface area contributed by atoms with E-state index in [2.05, 4.69) is 5.32 Å². The number of hydrogen-bond donors (Lipinski definition) is 2. The highest BCUT2D eigenvalue weighted by Gasteiger charge is 2.14. The molecule has 2 rings (SSSR count). The van der Waals surface area contributed by atoms with E-state index in [1.165, 1.54) is 18.2 Å². The van der Waals surface area contributed by atoms with Gasteiger partial charge in [0.15, 0.2) is 0 Å². The van der Waals surface area contributed by atoms with Crippen LogP contribution in [0.15, 0.2) is 47.4 Å². The molecule has 5 nitrogen and oxygen atoms in total. The number of anilines is 1. The lowest BCUT2D eigenvalue weighted by atomic mass is 10.1. The van der Waals surface area contributed by atoms with Crippen LogP contribution in [0.2, 0.25) is 0 Å². The van der Waals surface area contributed by atoms with Gasteiger partial charge in [-0.05, 0) is 49.2 Å². The number of aryl methyl sites for hydroxylation is 2. The average Bonchev–Trinajstić information content (AvgIpc) is 2.37. The van der Waals surface area contributed by atoms with E-state index in [1.807, 2.05) is 19.1 Å². The molecular formula is C15H15NO4S. The second-order valence-corrected chi connectivity index (χ2v) is 6.11. The van der Waals surface area contributed by atoms with Crippen LogP contribution in [0.5, 0.6) is 0 Å². The summed E-state index contributed by atoms with van der Waals surface area (Å²) in [5.41, 5.74) is 2.23. The van der Waals surface area contributed by atoms with E-state index < -0.39 is 10.1 Å². The minimum Gasteiger partial charge on any atom is -0.322 e. The van der Waals surface area contributed by atoms with Crippen molar-refractivity contribution < 1.29 is 17.8 Å². The fourth-order valence-corrected chi connectivity index (χ4v) is 2.75. The van der Waals surface area contributed by atoms with E-state index >= 15 is 0 Å². The Balaban J connectivity index is 2.27. The number of carbonyl (C=O) groups excluding carboxylic acids is 1. The van der Waals surface area contributed by atoms with Crippen LogP contribution in [0.25, 0.3) is 0 Å². The van der Waals surface area contributed by atoms with Crippen LogP contribution in [0, 0.1) is 13.8 Å². The summed E-state index contributed by atoms with van der Waals surface area (Å²) in [6, 6.07) is 11.4. The molecule has 2 aromatic carbocycles. The Labute approximate surface area is 123 Å². The Morgan fingerprint density at radius 2 is 1.71 bits per heavy atom. The normalized spacial score (nSPS) is 11.2. The zero-order valence-electron chi connectivity index (χ0n) is 11.6. The van der Waals surface area contributed by atoms with Gasteiger partial charge in [0.1, 0.15) is 0 Å². The standard InChI is InChI=1S/C15H15NO4S/c1-10-5-3-4-6-13(10)15(17)16-12-7-8-14(11(2)9-12)21(18,19)20/h3-9H,1-2H3,(H,16,17)(H,18,19,20). The maximum Gasteiger partial charge on any atom is 0.294 e. The van der Waals surface area contributed by atoms with E-state index in [0.29, 0.717) is 16.8 Å². The van der Waals surface area contributed by atoms with Gasteiger partial charge in [0.2, 0.25) is 0 Å². The highest BCUT2D eigenvalue weighted by Crippen LogP contribution is 2.20. The van der Waals surface area contributed by atoms with Crippen LogP contribution in [0.3, 0.4) is 0 Å². The third-order valence-corrected chi connectivity index (χ3v) is 4.11. The highest BCUT2D eigenvalue weighted by molar-refractivity contribution is 7.85. The monoisotopic (exact) mass is 305 g/mol. The van der Waals surface area contributed by atoms with Gasteiger partial charge < -0.3 is 5.32 Å². The summed E-state index contributed by atoms with van der Waals surface area (Å²) >= 11 is 0. The van der Waals surface area contributed by atoms with E-state index in [1.54, 1.807) is 19.1 Å². The molecule has 1 amide bonds. The summed E-state index contributed by atoms with van der Waals surface area (Å²) in [5.74, 6) is -0.271. The summed E-state index contributed by atoms with van der Waals surface area (Å²) in [6.45, 7) is 3.38. The van der Waals surface area contributed by atoms with E-state index in [4.69, 9.17) is 4.55 Å². The Morgan fingerprint density at radius 3 is 2.29 bits per heavy atom. The Hall–Kier alpha value is -2.18. The minimum atomic E-state index is -4.25. The largest absolute Gasteiger partial charge is 0.322 e. The molecule has 0 saturated heterocycles. The van der Waals surface area contributed by atoms with Crippen molar-refractivity contribution >= 4 is 21.7 Å². The van der Waals surface area contributed by atoms with Crippen LogP contribution < -0.4 is 5.32 Å². The molecule has 0 bridgehead atoms. The molecule has 0 aliphatic carbocycles. The van der Waals surface area contributed by atoms with Gasteiger partial charge in [-0.2, -0.15) is 8.42 Å². The molecule has 2 N–H and O–H groups in total. The molecule has 0 aromatic heterocycles. The summed E-state index contributed by atoms with van der Waals surface area (Å²) in [6.07, 6.45) is 0. The third-order valence-electron chi connectivity index (χ3n) is 3.10.